The molecule has 6 heteroatoms. The molecule has 0 aromatic heterocycles. The summed E-state index contributed by atoms with van der Waals surface area (Å²) in [6.45, 7) is 1.91. The standard InChI is InChI=1S/C6H12N2O3S/c1-3-4-5-6(9)7-12(10,11)8(5)2/h5H,3-4H2,1-2H3,(H,7,9). The molecule has 1 heterocycles. The molecule has 0 aromatic carbocycles. The van der Waals surface area contributed by atoms with E-state index in [1.807, 2.05) is 11.6 Å². The van der Waals surface area contributed by atoms with E-state index >= 15 is 0 Å². The minimum Gasteiger partial charge on any atom is -0.272 e. The zero-order chi connectivity index (χ0) is 9.35. The Morgan fingerprint density at radius 2 is 2.17 bits per heavy atom. The van der Waals surface area contributed by atoms with Gasteiger partial charge in [0.15, 0.2) is 0 Å². The summed E-state index contributed by atoms with van der Waals surface area (Å²) < 4.78 is 25.1. The zero-order valence-corrected chi connectivity index (χ0v) is 7.89. The van der Waals surface area contributed by atoms with Crippen LogP contribution in [0.1, 0.15) is 19.8 Å². The monoisotopic (exact) mass is 192 g/mol. The topological polar surface area (TPSA) is 66.5 Å². The maximum atomic E-state index is 11.1. The third kappa shape index (κ3) is 1.44. The van der Waals surface area contributed by atoms with Gasteiger partial charge in [0, 0.05) is 7.05 Å². The summed E-state index contributed by atoms with van der Waals surface area (Å²) >= 11 is 0. The number of amides is 1. The van der Waals surface area contributed by atoms with Crippen LogP contribution < -0.4 is 4.72 Å². The number of likely N-dealkylation sites (N-methyl/N-ethyl adjacent to an activating group) is 1. The fraction of sp³-hybridized carbons (Fsp3) is 0.833. The van der Waals surface area contributed by atoms with Gasteiger partial charge < -0.3 is 0 Å². The predicted octanol–water partition coefficient (Wildman–Crippen LogP) is -0.538. The van der Waals surface area contributed by atoms with Crippen LogP contribution in [-0.2, 0) is 15.0 Å². The van der Waals surface area contributed by atoms with Crippen molar-refractivity contribution in [3.8, 4) is 0 Å². The number of nitrogens with one attached hydrogen (secondary N) is 1. The van der Waals surface area contributed by atoms with Gasteiger partial charge in [-0.15, -0.1) is 0 Å². The quantitative estimate of drug-likeness (QED) is 0.639. The zero-order valence-electron chi connectivity index (χ0n) is 7.07. The van der Waals surface area contributed by atoms with Gasteiger partial charge >= 0.3 is 10.2 Å². The third-order valence-corrected chi connectivity index (χ3v) is 3.38. The molecule has 1 rings (SSSR count). The Kier molecular flexibility index (Phi) is 2.39. The average molecular weight is 192 g/mol. The highest BCUT2D eigenvalue weighted by Crippen LogP contribution is 2.15. The highest BCUT2D eigenvalue weighted by Gasteiger charge is 2.40. The van der Waals surface area contributed by atoms with E-state index in [0.29, 0.717) is 6.42 Å². The lowest BCUT2D eigenvalue weighted by Crippen LogP contribution is -2.31. The highest BCUT2D eigenvalue weighted by molar-refractivity contribution is 7.88. The van der Waals surface area contributed by atoms with Crippen molar-refractivity contribution in [2.24, 2.45) is 0 Å². The Morgan fingerprint density at radius 1 is 1.58 bits per heavy atom. The van der Waals surface area contributed by atoms with Gasteiger partial charge in [-0.25, -0.2) is 4.72 Å². The molecule has 5 nitrogen and oxygen atoms in total. The van der Waals surface area contributed by atoms with Crippen LogP contribution in [-0.4, -0.2) is 31.7 Å². The normalized spacial score (nSPS) is 28.8. The lowest BCUT2D eigenvalue weighted by atomic mass is 10.1. The smallest absolute Gasteiger partial charge is 0.272 e. The van der Waals surface area contributed by atoms with Gasteiger partial charge in [0.05, 0.1) is 0 Å². The molecule has 1 unspecified atom stereocenters. The fourth-order valence-corrected chi connectivity index (χ4v) is 2.26. The van der Waals surface area contributed by atoms with E-state index in [1.165, 1.54) is 7.05 Å². The van der Waals surface area contributed by atoms with Gasteiger partial charge in [0.1, 0.15) is 6.04 Å². The van der Waals surface area contributed by atoms with Gasteiger partial charge in [-0.05, 0) is 6.42 Å². The molecule has 1 aliphatic heterocycles. The first-order chi connectivity index (χ1) is 5.49. The largest absolute Gasteiger partial charge is 0.304 e. The summed E-state index contributed by atoms with van der Waals surface area (Å²) in [5.41, 5.74) is 0. The molecule has 0 saturated carbocycles. The highest BCUT2D eigenvalue weighted by atomic mass is 32.2. The summed E-state index contributed by atoms with van der Waals surface area (Å²) in [5.74, 6) is -0.417. The van der Waals surface area contributed by atoms with Crippen molar-refractivity contribution >= 4 is 16.1 Å². The van der Waals surface area contributed by atoms with E-state index < -0.39 is 22.2 Å². The number of carbonyl (C=O) groups excluding carboxylic acids is 1. The van der Waals surface area contributed by atoms with Crippen molar-refractivity contribution in [2.75, 3.05) is 7.05 Å². The Balaban J connectivity index is 2.85. The average Bonchev–Trinajstić information content (AvgIpc) is 2.13. The second-order valence-electron chi connectivity index (χ2n) is 2.79. The van der Waals surface area contributed by atoms with Crippen molar-refractivity contribution < 1.29 is 13.2 Å². The number of hydrogen-bond donors (Lipinski definition) is 1. The number of hydrogen-bond acceptors (Lipinski definition) is 3. The van der Waals surface area contributed by atoms with Gasteiger partial charge in [0.25, 0.3) is 5.91 Å². The van der Waals surface area contributed by atoms with Gasteiger partial charge in [-0.1, -0.05) is 13.3 Å². The molecule has 70 valence electrons. The van der Waals surface area contributed by atoms with Crippen LogP contribution in [0.15, 0.2) is 0 Å². The first-order valence-electron chi connectivity index (χ1n) is 3.78. The van der Waals surface area contributed by atoms with Gasteiger partial charge in [0.2, 0.25) is 0 Å². The summed E-state index contributed by atoms with van der Waals surface area (Å²) in [7, 11) is -2.10. The molecule has 1 fully saturated rings. The lowest BCUT2D eigenvalue weighted by Gasteiger charge is -2.12. The molecule has 0 bridgehead atoms. The van der Waals surface area contributed by atoms with Crippen molar-refractivity contribution in [3.63, 3.8) is 0 Å². The number of carbonyl (C=O) groups is 1. The predicted molar refractivity (Wildman–Crippen MR) is 43.5 cm³/mol. The van der Waals surface area contributed by atoms with Gasteiger partial charge in [-0.3, -0.25) is 4.79 Å². The minimum atomic E-state index is -3.51. The molecule has 1 amide bonds. The Bertz CT molecular complexity index is 285. The van der Waals surface area contributed by atoms with Gasteiger partial charge in [-0.2, -0.15) is 12.7 Å². The second kappa shape index (κ2) is 3.02. The van der Waals surface area contributed by atoms with Crippen molar-refractivity contribution in [3.05, 3.63) is 0 Å². The summed E-state index contributed by atoms with van der Waals surface area (Å²) in [6, 6.07) is -0.514. The summed E-state index contributed by atoms with van der Waals surface area (Å²) in [5, 5.41) is 0. The Morgan fingerprint density at radius 3 is 2.50 bits per heavy atom. The molecular formula is C6H12N2O3S. The lowest BCUT2D eigenvalue weighted by molar-refractivity contribution is -0.121. The second-order valence-corrected chi connectivity index (χ2v) is 4.52. The first-order valence-corrected chi connectivity index (χ1v) is 5.22. The SMILES string of the molecule is CCCC1C(=O)NS(=O)(=O)N1C. The molecule has 0 aromatic rings. The van der Waals surface area contributed by atoms with Crippen molar-refractivity contribution in [1.82, 2.24) is 9.03 Å². The van der Waals surface area contributed by atoms with Crippen molar-refractivity contribution in [1.29, 1.82) is 0 Å². The molecule has 1 aliphatic rings. The van der Waals surface area contributed by atoms with Crippen LogP contribution in [0.5, 0.6) is 0 Å². The molecule has 0 radical (unpaired) electrons. The third-order valence-electron chi connectivity index (χ3n) is 1.91. The molecular weight excluding hydrogens is 180 g/mol. The maximum absolute atomic E-state index is 11.1. The van der Waals surface area contributed by atoms with E-state index in [0.717, 1.165) is 10.7 Å². The molecule has 12 heavy (non-hydrogen) atoms. The molecule has 0 aliphatic carbocycles. The fourth-order valence-electron chi connectivity index (χ4n) is 1.19. The summed E-state index contributed by atoms with van der Waals surface area (Å²) in [6.07, 6.45) is 1.36. The summed E-state index contributed by atoms with van der Waals surface area (Å²) in [4.78, 5) is 11.1. The number of rotatable bonds is 2. The van der Waals surface area contributed by atoms with Crippen molar-refractivity contribution in [2.45, 2.75) is 25.8 Å². The van der Waals surface area contributed by atoms with Crippen LogP contribution in [0.25, 0.3) is 0 Å². The number of nitrogens with zero attached hydrogens (tertiary/aromatic N) is 1. The maximum Gasteiger partial charge on any atom is 0.304 e. The first kappa shape index (κ1) is 9.47. The Hall–Kier alpha value is -0.620. The van der Waals surface area contributed by atoms with E-state index in [9.17, 15) is 13.2 Å². The van der Waals surface area contributed by atoms with Crippen LogP contribution in [0.2, 0.25) is 0 Å². The minimum absolute atomic E-state index is 0.417. The van der Waals surface area contributed by atoms with E-state index in [-0.39, 0.29) is 0 Å². The van der Waals surface area contributed by atoms with Crippen LogP contribution in [0.4, 0.5) is 0 Å². The van der Waals surface area contributed by atoms with E-state index in [2.05, 4.69) is 0 Å². The molecule has 0 spiro atoms. The molecule has 1 N–H and O–H groups in total. The van der Waals surface area contributed by atoms with Crippen LogP contribution in [0, 0.1) is 0 Å². The molecule has 1 atom stereocenters. The van der Waals surface area contributed by atoms with E-state index in [4.69, 9.17) is 0 Å². The molecule has 1 saturated heterocycles. The Labute approximate surface area is 71.9 Å². The van der Waals surface area contributed by atoms with Crippen LogP contribution >= 0.6 is 0 Å². The van der Waals surface area contributed by atoms with Crippen LogP contribution in [0.3, 0.4) is 0 Å². The van der Waals surface area contributed by atoms with E-state index in [1.54, 1.807) is 0 Å².